The van der Waals surface area contributed by atoms with Gasteiger partial charge < -0.3 is 20.3 Å². The summed E-state index contributed by atoms with van der Waals surface area (Å²) in [5, 5.41) is 14.5. The zero-order chi connectivity index (χ0) is 17.5. The third kappa shape index (κ3) is 3.31. The average molecular weight is 333 g/mol. The largest absolute Gasteiger partial charge is 0.372 e. The summed E-state index contributed by atoms with van der Waals surface area (Å²) >= 11 is 0. The van der Waals surface area contributed by atoms with Gasteiger partial charge in [-0.25, -0.2) is 4.79 Å². The van der Waals surface area contributed by atoms with Crippen molar-refractivity contribution < 1.29 is 9.53 Å². The molecule has 2 aliphatic rings. The Morgan fingerprint density at radius 2 is 2.08 bits per heavy atom. The summed E-state index contributed by atoms with van der Waals surface area (Å²) in [4.78, 5) is 14.6. The molecule has 1 aromatic heterocycles. The minimum atomic E-state index is -0.363. The van der Waals surface area contributed by atoms with Crippen molar-refractivity contribution in [1.29, 1.82) is 0 Å². The SMILES string of the molecule is CNc1cc2c(nn1)CCN(C(=O)NC1CC(C)(C)OC1(C)C)C2. The summed E-state index contributed by atoms with van der Waals surface area (Å²) in [7, 11) is 1.81. The van der Waals surface area contributed by atoms with Crippen LogP contribution in [0, 0.1) is 0 Å². The summed E-state index contributed by atoms with van der Waals surface area (Å²) in [6.07, 6.45) is 1.54. The molecule has 1 aromatic rings. The van der Waals surface area contributed by atoms with Crippen LogP contribution in [0.5, 0.6) is 0 Å². The number of fused-ring (bicyclic) bond motifs is 1. The van der Waals surface area contributed by atoms with Crippen LogP contribution >= 0.6 is 0 Å². The molecule has 132 valence electrons. The molecule has 2 amide bonds. The lowest BCUT2D eigenvalue weighted by Crippen LogP contribution is -2.52. The number of nitrogens with zero attached hydrogens (tertiary/aromatic N) is 3. The van der Waals surface area contributed by atoms with Gasteiger partial charge >= 0.3 is 6.03 Å². The Kier molecular flexibility index (Phi) is 4.15. The summed E-state index contributed by atoms with van der Waals surface area (Å²) in [6, 6.07) is 1.93. The molecule has 0 saturated carbocycles. The van der Waals surface area contributed by atoms with Crippen LogP contribution in [0.15, 0.2) is 6.07 Å². The second kappa shape index (κ2) is 5.88. The van der Waals surface area contributed by atoms with Crippen molar-refractivity contribution in [3.63, 3.8) is 0 Å². The number of carbonyl (C=O) groups is 1. The first-order valence-electron chi connectivity index (χ1n) is 8.49. The molecule has 0 aromatic carbocycles. The number of carbonyl (C=O) groups excluding carboxylic acids is 1. The summed E-state index contributed by atoms with van der Waals surface area (Å²) in [5.41, 5.74) is 1.45. The number of urea groups is 1. The van der Waals surface area contributed by atoms with Crippen molar-refractivity contribution in [3.05, 3.63) is 17.3 Å². The van der Waals surface area contributed by atoms with E-state index in [9.17, 15) is 4.79 Å². The van der Waals surface area contributed by atoms with E-state index in [0.717, 1.165) is 29.9 Å². The molecule has 24 heavy (non-hydrogen) atoms. The minimum Gasteiger partial charge on any atom is -0.372 e. The lowest BCUT2D eigenvalue weighted by molar-refractivity contribution is -0.0693. The fraction of sp³-hybridized carbons (Fsp3) is 0.706. The van der Waals surface area contributed by atoms with E-state index < -0.39 is 0 Å². The molecular weight excluding hydrogens is 306 g/mol. The Balaban J connectivity index is 1.68. The number of hydrogen-bond donors (Lipinski definition) is 2. The van der Waals surface area contributed by atoms with Gasteiger partial charge in [0.1, 0.15) is 5.82 Å². The van der Waals surface area contributed by atoms with Crippen molar-refractivity contribution in [2.75, 3.05) is 18.9 Å². The lowest BCUT2D eigenvalue weighted by atomic mass is 9.94. The standard InChI is InChI=1S/C17H27N5O2/c1-16(2)9-13(17(3,4)24-16)19-15(23)22-7-6-12-11(10-22)8-14(18-5)21-20-12/h8,13H,6-7,9-10H2,1-5H3,(H,18,21)(H,19,23). The van der Waals surface area contributed by atoms with E-state index >= 15 is 0 Å². The molecule has 0 aliphatic carbocycles. The molecule has 3 heterocycles. The Morgan fingerprint density at radius 1 is 1.33 bits per heavy atom. The lowest BCUT2D eigenvalue weighted by Gasteiger charge is -2.32. The molecule has 7 nitrogen and oxygen atoms in total. The van der Waals surface area contributed by atoms with Crippen LogP contribution in [-0.2, 0) is 17.7 Å². The second-order valence-electron chi connectivity index (χ2n) is 7.79. The Bertz CT molecular complexity index is 644. The van der Waals surface area contributed by atoms with Crippen LogP contribution in [0.4, 0.5) is 10.6 Å². The number of anilines is 1. The van der Waals surface area contributed by atoms with E-state index in [2.05, 4.69) is 34.7 Å². The zero-order valence-corrected chi connectivity index (χ0v) is 15.1. The van der Waals surface area contributed by atoms with E-state index in [1.807, 2.05) is 31.9 Å². The monoisotopic (exact) mass is 333 g/mol. The Morgan fingerprint density at radius 3 is 2.71 bits per heavy atom. The van der Waals surface area contributed by atoms with Gasteiger partial charge in [-0.1, -0.05) is 0 Å². The van der Waals surface area contributed by atoms with Crippen molar-refractivity contribution in [2.45, 2.75) is 64.3 Å². The highest BCUT2D eigenvalue weighted by Crippen LogP contribution is 2.37. The molecule has 1 atom stereocenters. The van der Waals surface area contributed by atoms with E-state index in [4.69, 9.17) is 4.74 Å². The number of hydrogen-bond acceptors (Lipinski definition) is 5. The Hall–Kier alpha value is -1.89. The van der Waals surface area contributed by atoms with Crippen molar-refractivity contribution in [1.82, 2.24) is 20.4 Å². The first kappa shape index (κ1) is 17.0. The summed E-state index contributed by atoms with van der Waals surface area (Å²) in [6.45, 7) is 9.42. The van der Waals surface area contributed by atoms with Crippen LogP contribution < -0.4 is 10.6 Å². The molecule has 1 fully saturated rings. The predicted octanol–water partition coefficient (Wildman–Crippen LogP) is 1.93. The maximum Gasteiger partial charge on any atom is 0.318 e. The molecule has 7 heteroatoms. The molecular formula is C17H27N5O2. The maximum absolute atomic E-state index is 12.7. The van der Waals surface area contributed by atoms with Gasteiger partial charge in [0.2, 0.25) is 0 Å². The fourth-order valence-corrected chi connectivity index (χ4v) is 3.65. The molecule has 1 unspecified atom stereocenters. The van der Waals surface area contributed by atoms with Gasteiger partial charge in [-0.3, -0.25) is 0 Å². The minimum absolute atomic E-state index is 0.00447. The predicted molar refractivity (Wildman–Crippen MR) is 91.9 cm³/mol. The van der Waals surface area contributed by atoms with Crippen LogP contribution in [0.2, 0.25) is 0 Å². The maximum atomic E-state index is 12.7. The van der Waals surface area contributed by atoms with Gasteiger partial charge in [-0.2, -0.15) is 5.10 Å². The highest BCUT2D eigenvalue weighted by Gasteiger charge is 2.46. The molecule has 0 radical (unpaired) electrons. The summed E-state index contributed by atoms with van der Waals surface area (Å²) in [5.74, 6) is 0.725. The van der Waals surface area contributed by atoms with Gasteiger partial charge in [0.05, 0.1) is 22.9 Å². The Labute approximate surface area is 143 Å². The van der Waals surface area contributed by atoms with E-state index in [-0.39, 0.29) is 23.3 Å². The number of rotatable bonds is 2. The normalized spacial score (nSPS) is 24.4. The number of nitrogens with one attached hydrogen (secondary N) is 2. The third-order valence-electron chi connectivity index (χ3n) is 4.86. The van der Waals surface area contributed by atoms with E-state index in [1.165, 1.54) is 0 Å². The smallest absolute Gasteiger partial charge is 0.318 e. The fourth-order valence-electron chi connectivity index (χ4n) is 3.65. The zero-order valence-electron chi connectivity index (χ0n) is 15.1. The van der Waals surface area contributed by atoms with Crippen molar-refractivity contribution in [2.24, 2.45) is 0 Å². The van der Waals surface area contributed by atoms with E-state index in [1.54, 1.807) is 0 Å². The van der Waals surface area contributed by atoms with Crippen LogP contribution in [-0.4, -0.2) is 52.0 Å². The third-order valence-corrected chi connectivity index (χ3v) is 4.86. The quantitative estimate of drug-likeness (QED) is 0.864. The molecule has 3 rings (SSSR count). The number of aromatic nitrogens is 2. The molecule has 0 spiro atoms. The van der Waals surface area contributed by atoms with Gasteiger partial charge in [0.15, 0.2) is 0 Å². The molecule has 2 aliphatic heterocycles. The number of amides is 2. The van der Waals surface area contributed by atoms with E-state index in [0.29, 0.717) is 13.1 Å². The molecule has 0 bridgehead atoms. The highest BCUT2D eigenvalue weighted by atomic mass is 16.5. The van der Waals surface area contributed by atoms with Gasteiger partial charge in [-0.15, -0.1) is 5.10 Å². The topological polar surface area (TPSA) is 79.4 Å². The van der Waals surface area contributed by atoms with Gasteiger partial charge in [0, 0.05) is 26.6 Å². The highest BCUT2D eigenvalue weighted by molar-refractivity contribution is 5.75. The van der Waals surface area contributed by atoms with Crippen molar-refractivity contribution >= 4 is 11.8 Å². The average Bonchev–Trinajstić information content (AvgIpc) is 2.72. The van der Waals surface area contributed by atoms with Gasteiger partial charge in [-0.05, 0) is 45.7 Å². The van der Waals surface area contributed by atoms with Crippen molar-refractivity contribution in [3.8, 4) is 0 Å². The summed E-state index contributed by atoms with van der Waals surface area (Å²) < 4.78 is 6.06. The van der Waals surface area contributed by atoms with Crippen LogP contribution in [0.3, 0.4) is 0 Å². The number of ether oxygens (including phenoxy) is 1. The molecule has 1 saturated heterocycles. The first-order valence-corrected chi connectivity index (χ1v) is 8.49. The first-order chi connectivity index (χ1) is 11.2. The van der Waals surface area contributed by atoms with Crippen LogP contribution in [0.1, 0.15) is 45.4 Å². The van der Waals surface area contributed by atoms with Gasteiger partial charge in [0.25, 0.3) is 0 Å². The molecule has 2 N–H and O–H groups in total. The second-order valence-corrected chi connectivity index (χ2v) is 7.79. The van der Waals surface area contributed by atoms with Crippen LogP contribution in [0.25, 0.3) is 0 Å².